The van der Waals surface area contributed by atoms with Crippen molar-refractivity contribution >= 4 is 28.0 Å². The number of nitrogens with zero attached hydrogens (tertiary/aromatic N) is 2. The van der Waals surface area contributed by atoms with Gasteiger partial charge in [-0.25, -0.2) is 27.7 Å². The lowest BCUT2D eigenvalue weighted by molar-refractivity contribution is -0.0528. The van der Waals surface area contributed by atoms with E-state index in [2.05, 4.69) is 19.4 Å². The summed E-state index contributed by atoms with van der Waals surface area (Å²) in [6.45, 7) is -1.72. The fraction of sp³-hybridized carbons (Fsp3) is 0.200. The van der Waals surface area contributed by atoms with Crippen molar-refractivity contribution in [3.8, 4) is 5.88 Å². The van der Waals surface area contributed by atoms with Crippen LogP contribution in [-0.4, -0.2) is 44.1 Å². The number of amides is 2. The van der Waals surface area contributed by atoms with E-state index in [1.165, 1.54) is 25.1 Å². The van der Waals surface area contributed by atoms with E-state index in [9.17, 15) is 26.8 Å². The molecule has 2 N–H and O–H groups in total. The minimum Gasteiger partial charge on any atom is -0.465 e. The van der Waals surface area contributed by atoms with Gasteiger partial charge in [-0.15, -0.1) is 0 Å². The van der Waals surface area contributed by atoms with Crippen molar-refractivity contribution < 1.29 is 36.3 Å². The first kappa shape index (κ1) is 21.0. The lowest BCUT2D eigenvalue weighted by Crippen LogP contribution is -2.35. The Hall–Kier alpha value is -3.35. The molecule has 1 aromatic carbocycles. The Morgan fingerprint density at radius 1 is 1.18 bits per heavy atom. The molecule has 2 aromatic rings. The highest BCUT2D eigenvalue weighted by Crippen LogP contribution is 2.17. The van der Waals surface area contributed by atoms with Crippen LogP contribution < -0.4 is 14.8 Å². The molecule has 0 bridgehead atoms. The Balaban J connectivity index is 2.22. The average Bonchev–Trinajstić information content (AvgIpc) is 2.59. The number of ether oxygens (including phenoxy) is 2. The predicted molar refractivity (Wildman–Crippen MR) is 90.5 cm³/mol. The summed E-state index contributed by atoms with van der Waals surface area (Å²) in [5.41, 5.74) is -0.107. The maximum atomic E-state index is 12.4. The van der Waals surface area contributed by atoms with E-state index in [0.717, 1.165) is 19.2 Å². The molecule has 0 aliphatic heterocycles. The zero-order valence-corrected chi connectivity index (χ0v) is 15.3. The predicted octanol–water partition coefficient (Wildman–Crippen LogP) is 1.68. The van der Waals surface area contributed by atoms with Crippen LogP contribution in [0.2, 0.25) is 0 Å². The van der Waals surface area contributed by atoms with Gasteiger partial charge in [0, 0.05) is 11.8 Å². The smallest absolute Gasteiger partial charge is 0.388 e. The SMILES string of the molecule is COC(=O)c1ccccc1S(=O)(=O)NC(=O)Nc1nc(C)cc(OC(F)F)n1. The standard InChI is InChI=1S/C15H14F2N4O6S/c1-8-7-11(27-13(16)17)19-14(18-8)20-15(23)21-28(24,25)10-6-4-3-5-9(10)12(22)26-2/h3-7,13H,1-2H3,(H2,18,19,20,21,23). The molecule has 0 aliphatic carbocycles. The van der Waals surface area contributed by atoms with Crippen LogP contribution in [0.15, 0.2) is 35.2 Å². The molecule has 28 heavy (non-hydrogen) atoms. The lowest BCUT2D eigenvalue weighted by Gasteiger charge is -2.11. The molecule has 10 nitrogen and oxygen atoms in total. The van der Waals surface area contributed by atoms with Crippen molar-refractivity contribution in [3.63, 3.8) is 0 Å². The number of esters is 1. The first-order valence-corrected chi connectivity index (χ1v) is 8.92. The summed E-state index contributed by atoms with van der Waals surface area (Å²) >= 11 is 0. The minimum absolute atomic E-state index is 0.180. The Kier molecular flexibility index (Phi) is 6.41. The van der Waals surface area contributed by atoms with Crippen LogP contribution in [0, 0.1) is 6.92 Å². The number of rotatable bonds is 6. The van der Waals surface area contributed by atoms with E-state index in [1.807, 2.05) is 5.32 Å². The van der Waals surface area contributed by atoms with Gasteiger partial charge >= 0.3 is 18.6 Å². The Labute approximate surface area is 157 Å². The number of nitrogens with one attached hydrogen (secondary N) is 2. The van der Waals surface area contributed by atoms with Crippen molar-refractivity contribution in [1.29, 1.82) is 0 Å². The molecule has 150 valence electrons. The topological polar surface area (TPSA) is 137 Å². The Bertz CT molecular complexity index is 1000. The van der Waals surface area contributed by atoms with Crippen molar-refractivity contribution in [2.24, 2.45) is 0 Å². The van der Waals surface area contributed by atoms with E-state index in [1.54, 1.807) is 4.72 Å². The summed E-state index contributed by atoms with van der Waals surface area (Å²) in [7, 11) is -3.40. The number of anilines is 1. The van der Waals surface area contributed by atoms with E-state index in [4.69, 9.17) is 0 Å². The van der Waals surface area contributed by atoms with Crippen molar-refractivity contribution in [1.82, 2.24) is 14.7 Å². The van der Waals surface area contributed by atoms with Crippen LogP contribution in [-0.2, 0) is 14.8 Å². The molecule has 1 heterocycles. The van der Waals surface area contributed by atoms with Crippen LogP contribution in [0.3, 0.4) is 0 Å². The molecule has 0 saturated carbocycles. The highest BCUT2D eigenvalue weighted by atomic mass is 32.2. The van der Waals surface area contributed by atoms with Gasteiger partial charge in [0.1, 0.15) is 4.90 Å². The van der Waals surface area contributed by atoms with Gasteiger partial charge in [0.2, 0.25) is 11.8 Å². The molecule has 2 amide bonds. The molecule has 0 aliphatic rings. The number of aryl methyl sites for hydroxylation is 1. The number of alkyl halides is 2. The van der Waals surface area contributed by atoms with Crippen molar-refractivity contribution in [3.05, 3.63) is 41.6 Å². The zero-order valence-electron chi connectivity index (χ0n) is 14.5. The normalized spacial score (nSPS) is 11.0. The molecule has 0 spiro atoms. The second kappa shape index (κ2) is 8.56. The molecule has 2 rings (SSSR count). The van der Waals surface area contributed by atoms with Gasteiger partial charge in [-0.3, -0.25) is 5.32 Å². The van der Waals surface area contributed by atoms with Gasteiger partial charge in [0.05, 0.1) is 12.7 Å². The summed E-state index contributed by atoms with van der Waals surface area (Å²) in [6.07, 6.45) is 0. The van der Waals surface area contributed by atoms with E-state index in [0.29, 0.717) is 0 Å². The molecule has 13 heteroatoms. The van der Waals surface area contributed by atoms with Crippen LogP contribution in [0.4, 0.5) is 19.5 Å². The van der Waals surface area contributed by atoms with E-state index in [-0.39, 0.29) is 11.3 Å². The maximum Gasteiger partial charge on any atom is 0.388 e. The molecular weight excluding hydrogens is 402 g/mol. The van der Waals surface area contributed by atoms with Crippen molar-refractivity contribution in [2.75, 3.05) is 12.4 Å². The summed E-state index contributed by atoms with van der Waals surface area (Å²) in [6, 6.07) is 4.87. The van der Waals surface area contributed by atoms with Crippen LogP contribution in [0.1, 0.15) is 16.1 Å². The van der Waals surface area contributed by atoms with Crippen LogP contribution in [0.5, 0.6) is 5.88 Å². The summed E-state index contributed by atoms with van der Waals surface area (Å²) in [5.74, 6) is -1.90. The summed E-state index contributed by atoms with van der Waals surface area (Å²) in [5, 5.41) is 1.99. The molecule has 0 saturated heterocycles. The quantitative estimate of drug-likeness (QED) is 0.679. The Morgan fingerprint density at radius 2 is 1.86 bits per heavy atom. The second-order valence-electron chi connectivity index (χ2n) is 5.10. The van der Waals surface area contributed by atoms with Crippen LogP contribution >= 0.6 is 0 Å². The van der Waals surface area contributed by atoms with E-state index < -0.39 is 45.4 Å². The summed E-state index contributed by atoms with van der Waals surface area (Å²) < 4.78 is 59.7. The largest absolute Gasteiger partial charge is 0.465 e. The van der Waals surface area contributed by atoms with Gasteiger partial charge in [0.25, 0.3) is 10.0 Å². The number of hydrogen-bond acceptors (Lipinski definition) is 8. The molecular formula is C15H14F2N4O6S. The number of halogens is 2. The van der Waals surface area contributed by atoms with Crippen molar-refractivity contribution in [2.45, 2.75) is 18.4 Å². The van der Waals surface area contributed by atoms with Gasteiger partial charge in [0.15, 0.2) is 0 Å². The molecule has 0 atom stereocenters. The highest BCUT2D eigenvalue weighted by Gasteiger charge is 2.25. The number of carbonyl (C=O) groups excluding carboxylic acids is 2. The number of urea groups is 1. The molecule has 0 radical (unpaired) electrons. The van der Waals surface area contributed by atoms with Gasteiger partial charge in [-0.05, 0) is 19.1 Å². The second-order valence-corrected chi connectivity index (χ2v) is 6.75. The maximum absolute atomic E-state index is 12.4. The van der Waals surface area contributed by atoms with Gasteiger partial charge in [-0.1, -0.05) is 12.1 Å². The lowest BCUT2D eigenvalue weighted by atomic mass is 10.2. The number of carbonyl (C=O) groups is 2. The number of aromatic nitrogens is 2. The average molecular weight is 416 g/mol. The first-order valence-electron chi connectivity index (χ1n) is 7.44. The van der Waals surface area contributed by atoms with Gasteiger partial charge < -0.3 is 9.47 Å². The zero-order chi connectivity index (χ0) is 20.9. The monoisotopic (exact) mass is 416 g/mol. The van der Waals surface area contributed by atoms with Crippen LogP contribution in [0.25, 0.3) is 0 Å². The summed E-state index contributed by atoms with van der Waals surface area (Å²) in [4.78, 5) is 30.5. The minimum atomic E-state index is -4.47. The fourth-order valence-electron chi connectivity index (χ4n) is 2.03. The first-order chi connectivity index (χ1) is 13.1. The molecule has 0 fully saturated rings. The number of benzene rings is 1. The van der Waals surface area contributed by atoms with E-state index >= 15 is 0 Å². The third kappa shape index (κ3) is 5.33. The van der Waals surface area contributed by atoms with Gasteiger partial charge in [-0.2, -0.15) is 13.8 Å². The molecule has 1 aromatic heterocycles. The molecule has 0 unspecified atom stereocenters. The Morgan fingerprint density at radius 3 is 2.50 bits per heavy atom. The number of hydrogen-bond donors (Lipinski definition) is 2. The third-order valence-corrected chi connectivity index (χ3v) is 4.46. The number of methoxy groups -OCH3 is 1. The third-order valence-electron chi connectivity index (χ3n) is 3.07. The number of sulfonamides is 1. The highest BCUT2D eigenvalue weighted by molar-refractivity contribution is 7.90. The fourth-order valence-corrected chi connectivity index (χ4v) is 3.13.